The highest BCUT2D eigenvalue weighted by atomic mass is 19.2. The van der Waals surface area contributed by atoms with Crippen molar-refractivity contribution in [3.05, 3.63) is 34.9 Å². The first-order chi connectivity index (χ1) is 9.64. The van der Waals surface area contributed by atoms with E-state index >= 15 is 0 Å². The van der Waals surface area contributed by atoms with E-state index in [0.717, 1.165) is 0 Å². The van der Waals surface area contributed by atoms with Crippen molar-refractivity contribution in [3.63, 3.8) is 0 Å². The zero-order valence-corrected chi connectivity index (χ0v) is 11.3. The molecule has 4 nitrogen and oxygen atoms in total. The lowest BCUT2D eigenvalue weighted by Gasteiger charge is -2.25. The van der Waals surface area contributed by atoms with Gasteiger partial charge in [0.1, 0.15) is 5.54 Å². The van der Waals surface area contributed by atoms with Crippen LogP contribution in [0.3, 0.4) is 0 Å². The highest BCUT2D eigenvalue weighted by molar-refractivity contribution is 5.98. The van der Waals surface area contributed by atoms with E-state index < -0.39 is 46.2 Å². The molecule has 116 valence electrons. The van der Waals surface area contributed by atoms with Gasteiger partial charge in [-0.15, -0.1) is 0 Å². The summed E-state index contributed by atoms with van der Waals surface area (Å²) in [5.41, 5.74) is -2.84. The van der Waals surface area contributed by atoms with Crippen LogP contribution in [0.15, 0.2) is 6.07 Å². The molecule has 0 aliphatic rings. The van der Waals surface area contributed by atoms with Crippen LogP contribution < -0.4 is 5.32 Å². The molecule has 0 saturated carbocycles. The number of carboxylic acid groups (broad SMARTS) is 1. The molecule has 0 heterocycles. The Balaban J connectivity index is 3.18. The first-order valence-corrected chi connectivity index (χ1v) is 6.03. The second-order valence-electron chi connectivity index (χ2n) is 4.69. The van der Waals surface area contributed by atoms with Crippen LogP contribution in [0, 0.1) is 23.3 Å². The van der Waals surface area contributed by atoms with Crippen LogP contribution in [0.25, 0.3) is 0 Å². The fourth-order valence-electron chi connectivity index (χ4n) is 1.78. The van der Waals surface area contributed by atoms with Crippen LogP contribution in [0.1, 0.15) is 37.0 Å². The van der Waals surface area contributed by atoms with Gasteiger partial charge in [0.05, 0.1) is 5.56 Å². The third-order valence-electron chi connectivity index (χ3n) is 2.96. The maximum atomic E-state index is 13.5. The maximum Gasteiger partial charge on any atom is 0.329 e. The third kappa shape index (κ3) is 3.32. The van der Waals surface area contributed by atoms with Crippen molar-refractivity contribution in [2.24, 2.45) is 0 Å². The normalized spacial score (nSPS) is 13.6. The molecular weight excluding hydrogens is 294 g/mol. The minimum Gasteiger partial charge on any atom is -0.480 e. The molecule has 8 heteroatoms. The topological polar surface area (TPSA) is 66.4 Å². The molecule has 1 amide bonds. The number of hydrogen-bond acceptors (Lipinski definition) is 2. The summed E-state index contributed by atoms with van der Waals surface area (Å²) in [7, 11) is 0. The second-order valence-corrected chi connectivity index (χ2v) is 4.69. The van der Waals surface area contributed by atoms with Gasteiger partial charge in [0.15, 0.2) is 23.3 Å². The summed E-state index contributed by atoms with van der Waals surface area (Å²) in [5, 5.41) is 11.1. The molecule has 0 radical (unpaired) electrons. The molecule has 1 atom stereocenters. The number of rotatable bonds is 5. The fraction of sp³-hybridized carbons (Fsp3) is 0.385. The Morgan fingerprint density at radius 2 is 1.76 bits per heavy atom. The van der Waals surface area contributed by atoms with Crippen LogP contribution in [0.2, 0.25) is 0 Å². The minimum absolute atomic E-state index is 0.0157. The Kier molecular flexibility index (Phi) is 4.93. The van der Waals surface area contributed by atoms with E-state index in [2.05, 4.69) is 0 Å². The summed E-state index contributed by atoms with van der Waals surface area (Å²) in [5.74, 6) is -10.5. The Morgan fingerprint density at radius 1 is 1.19 bits per heavy atom. The summed E-state index contributed by atoms with van der Waals surface area (Å²) in [6.07, 6.45) is 0.402. The zero-order valence-electron chi connectivity index (χ0n) is 11.3. The van der Waals surface area contributed by atoms with Gasteiger partial charge in [0.25, 0.3) is 5.91 Å². The Hall–Kier alpha value is -2.12. The van der Waals surface area contributed by atoms with E-state index in [-0.39, 0.29) is 12.5 Å². The lowest BCUT2D eigenvalue weighted by molar-refractivity contribution is -0.144. The number of carbonyl (C=O) groups is 2. The van der Waals surface area contributed by atoms with E-state index in [1.54, 1.807) is 6.92 Å². The maximum absolute atomic E-state index is 13.5. The molecule has 0 saturated heterocycles. The van der Waals surface area contributed by atoms with Crippen molar-refractivity contribution in [2.75, 3.05) is 0 Å². The summed E-state index contributed by atoms with van der Waals surface area (Å²) < 4.78 is 52.4. The number of carboxylic acids is 1. The van der Waals surface area contributed by atoms with Gasteiger partial charge in [0.2, 0.25) is 0 Å². The van der Waals surface area contributed by atoms with Crippen LogP contribution in [-0.4, -0.2) is 22.5 Å². The van der Waals surface area contributed by atoms with Gasteiger partial charge in [-0.1, -0.05) is 13.3 Å². The Morgan fingerprint density at radius 3 is 2.24 bits per heavy atom. The SMILES string of the molecule is CCCC(C)(NC(=O)c1cc(F)c(F)c(F)c1F)C(=O)O. The quantitative estimate of drug-likeness (QED) is 0.499. The number of amides is 1. The number of carbonyl (C=O) groups excluding carboxylic acids is 1. The van der Waals surface area contributed by atoms with Gasteiger partial charge >= 0.3 is 5.97 Å². The smallest absolute Gasteiger partial charge is 0.329 e. The first-order valence-electron chi connectivity index (χ1n) is 6.03. The molecule has 0 bridgehead atoms. The van der Waals surface area contributed by atoms with E-state index in [1.165, 1.54) is 6.92 Å². The molecule has 21 heavy (non-hydrogen) atoms. The number of aliphatic carboxylic acids is 1. The second kappa shape index (κ2) is 6.11. The zero-order chi connectivity index (χ0) is 16.4. The van der Waals surface area contributed by atoms with Crippen molar-refractivity contribution >= 4 is 11.9 Å². The third-order valence-corrected chi connectivity index (χ3v) is 2.96. The van der Waals surface area contributed by atoms with Crippen LogP contribution >= 0.6 is 0 Å². The predicted molar refractivity (Wildman–Crippen MR) is 64.7 cm³/mol. The minimum atomic E-state index is -2.13. The van der Waals surface area contributed by atoms with Gasteiger partial charge in [-0.25, -0.2) is 22.4 Å². The molecule has 2 N–H and O–H groups in total. The molecule has 1 unspecified atom stereocenters. The lowest BCUT2D eigenvalue weighted by atomic mass is 9.95. The Labute approximate surface area is 117 Å². The van der Waals surface area contributed by atoms with Crippen molar-refractivity contribution in [1.29, 1.82) is 0 Å². The molecule has 0 aliphatic carbocycles. The first kappa shape index (κ1) is 16.9. The fourth-order valence-corrected chi connectivity index (χ4v) is 1.78. The highest BCUT2D eigenvalue weighted by Crippen LogP contribution is 2.20. The summed E-state index contributed by atoms with van der Waals surface area (Å²) in [6.45, 7) is 2.83. The molecule has 1 aromatic carbocycles. The molecular formula is C13H13F4NO3. The molecule has 0 aromatic heterocycles. The van der Waals surface area contributed by atoms with E-state index in [4.69, 9.17) is 5.11 Å². The number of benzene rings is 1. The molecule has 0 spiro atoms. The van der Waals surface area contributed by atoms with Crippen LogP contribution in [0.4, 0.5) is 17.6 Å². The van der Waals surface area contributed by atoms with E-state index in [0.29, 0.717) is 6.42 Å². The Bertz CT molecular complexity index is 591. The van der Waals surface area contributed by atoms with Crippen molar-refractivity contribution in [1.82, 2.24) is 5.32 Å². The van der Waals surface area contributed by atoms with Crippen LogP contribution in [-0.2, 0) is 4.79 Å². The summed E-state index contributed by atoms with van der Waals surface area (Å²) >= 11 is 0. The van der Waals surface area contributed by atoms with Crippen molar-refractivity contribution in [2.45, 2.75) is 32.2 Å². The van der Waals surface area contributed by atoms with Gasteiger partial charge in [0, 0.05) is 0 Å². The average Bonchev–Trinajstić information content (AvgIpc) is 2.40. The predicted octanol–water partition coefficient (Wildman–Crippen LogP) is 2.62. The molecule has 1 rings (SSSR count). The monoisotopic (exact) mass is 307 g/mol. The lowest BCUT2D eigenvalue weighted by Crippen LogP contribution is -2.52. The van der Waals surface area contributed by atoms with Gasteiger partial charge in [-0.05, 0) is 19.4 Å². The van der Waals surface area contributed by atoms with Crippen molar-refractivity contribution < 1.29 is 32.3 Å². The highest BCUT2D eigenvalue weighted by Gasteiger charge is 2.35. The van der Waals surface area contributed by atoms with E-state index in [1.807, 2.05) is 5.32 Å². The molecule has 0 fully saturated rings. The standard InChI is InChI=1S/C13H13F4NO3/c1-3-4-13(2,12(20)21)18-11(19)6-5-7(14)9(16)10(17)8(6)15/h5H,3-4H2,1-2H3,(H,18,19)(H,20,21). The number of nitrogens with one attached hydrogen (secondary N) is 1. The summed E-state index contributed by atoms with van der Waals surface area (Å²) in [6, 6.07) is 0.178. The van der Waals surface area contributed by atoms with Gasteiger partial charge < -0.3 is 10.4 Å². The van der Waals surface area contributed by atoms with Gasteiger partial charge in [-0.3, -0.25) is 4.79 Å². The average molecular weight is 307 g/mol. The number of hydrogen-bond donors (Lipinski definition) is 2. The largest absolute Gasteiger partial charge is 0.480 e. The molecule has 1 aromatic rings. The number of halogens is 4. The molecule has 0 aliphatic heterocycles. The van der Waals surface area contributed by atoms with E-state index in [9.17, 15) is 27.2 Å². The summed E-state index contributed by atoms with van der Waals surface area (Å²) in [4.78, 5) is 22.9. The van der Waals surface area contributed by atoms with Gasteiger partial charge in [-0.2, -0.15) is 0 Å². The van der Waals surface area contributed by atoms with Crippen molar-refractivity contribution in [3.8, 4) is 0 Å². The van der Waals surface area contributed by atoms with Crippen LogP contribution in [0.5, 0.6) is 0 Å².